The molecule has 10 heteroatoms. The second-order valence-electron chi connectivity index (χ2n) is 8.66. The second kappa shape index (κ2) is 9.68. The van der Waals surface area contributed by atoms with E-state index in [1.54, 1.807) is 39.1 Å². The molecule has 178 valence electrons. The number of aromatic nitrogens is 1. The molecule has 0 aliphatic carbocycles. The highest BCUT2D eigenvalue weighted by atomic mass is 19.4. The molecule has 0 saturated carbocycles. The summed E-state index contributed by atoms with van der Waals surface area (Å²) in [6, 6.07) is 8.33. The first kappa shape index (κ1) is 24.3. The summed E-state index contributed by atoms with van der Waals surface area (Å²) in [6.45, 7) is 5.90. The lowest BCUT2D eigenvalue weighted by molar-refractivity contribution is -0.274. The van der Waals surface area contributed by atoms with Gasteiger partial charge in [-0.15, -0.1) is 13.2 Å². The Morgan fingerprint density at radius 1 is 1.12 bits per heavy atom. The van der Waals surface area contributed by atoms with E-state index in [4.69, 9.17) is 4.74 Å². The van der Waals surface area contributed by atoms with Gasteiger partial charge < -0.3 is 14.8 Å². The van der Waals surface area contributed by atoms with Crippen LogP contribution in [-0.2, 0) is 16.1 Å². The highest BCUT2D eigenvalue weighted by Crippen LogP contribution is 2.27. The van der Waals surface area contributed by atoms with Gasteiger partial charge in [-0.25, -0.2) is 4.79 Å². The summed E-state index contributed by atoms with van der Waals surface area (Å²) in [6.07, 6.45) is -2.45. The normalized spacial score (nSPS) is 16.4. The molecular weight excluding hydrogens is 439 g/mol. The van der Waals surface area contributed by atoms with Gasteiger partial charge in [-0.1, -0.05) is 12.1 Å². The number of amides is 2. The largest absolute Gasteiger partial charge is 0.573 e. The van der Waals surface area contributed by atoms with Crippen LogP contribution in [0.4, 0.5) is 18.0 Å². The Kier molecular flexibility index (Phi) is 7.14. The number of carbonyl (C=O) groups excluding carboxylic acids is 2. The number of alkyl halides is 3. The van der Waals surface area contributed by atoms with E-state index in [9.17, 15) is 22.8 Å². The van der Waals surface area contributed by atoms with Crippen molar-refractivity contribution >= 4 is 12.0 Å². The first-order valence-electron chi connectivity index (χ1n) is 10.5. The smallest absolute Gasteiger partial charge is 0.444 e. The molecule has 1 N–H and O–H groups in total. The number of likely N-dealkylation sites (tertiary alicyclic amines) is 1. The monoisotopic (exact) mass is 465 g/mol. The maximum atomic E-state index is 12.7. The lowest BCUT2D eigenvalue weighted by Crippen LogP contribution is -2.47. The molecule has 1 saturated heterocycles. The molecule has 1 aromatic carbocycles. The molecular formula is C23H26F3N3O4. The van der Waals surface area contributed by atoms with Crippen molar-refractivity contribution in [2.24, 2.45) is 0 Å². The van der Waals surface area contributed by atoms with E-state index < -0.39 is 24.1 Å². The van der Waals surface area contributed by atoms with Crippen molar-refractivity contribution in [3.8, 4) is 16.9 Å². The minimum Gasteiger partial charge on any atom is -0.444 e. The number of halogens is 3. The van der Waals surface area contributed by atoms with Crippen molar-refractivity contribution in [1.29, 1.82) is 0 Å². The molecule has 0 unspecified atom stereocenters. The predicted molar refractivity (Wildman–Crippen MR) is 114 cm³/mol. The fourth-order valence-electron chi connectivity index (χ4n) is 3.48. The molecule has 7 nitrogen and oxygen atoms in total. The summed E-state index contributed by atoms with van der Waals surface area (Å²) >= 11 is 0. The number of hydrogen-bond donors (Lipinski definition) is 1. The maximum absolute atomic E-state index is 12.7. The maximum Gasteiger partial charge on any atom is 0.573 e. The van der Waals surface area contributed by atoms with Crippen LogP contribution in [0.3, 0.4) is 0 Å². The molecule has 1 aliphatic heterocycles. The number of benzene rings is 1. The standard InChI is InChI=1S/C23H26F3N3O4/c1-22(2,3)33-21(31)29-12-4-5-19(29)20(30)28-14-17-13-16(10-11-27-17)15-6-8-18(9-7-15)32-23(24,25)26/h6-11,13,19H,4-5,12,14H2,1-3H3,(H,28,30)/t19-/m0/s1. The fourth-order valence-corrected chi connectivity index (χ4v) is 3.48. The summed E-state index contributed by atoms with van der Waals surface area (Å²) in [5.41, 5.74) is 1.32. The highest BCUT2D eigenvalue weighted by molar-refractivity contribution is 5.86. The van der Waals surface area contributed by atoms with Crippen molar-refractivity contribution in [1.82, 2.24) is 15.2 Å². The zero-order valence-electron chi connectivity index (χ0n) is 18.6. The Balaban J connectivity index is 1.61. The first-order valence-corrected chi connectivity index (χ1v) is 10.5. The Morgan fingerprint density at radius 3 is 2.45 bits per heavy atom. The second-order valence-corrected chi connectivity index (χ2v) is 8.66. The number of nitrogens with one attached hydrogen (secondary N) is 1. The predicted octanol–water partition coefficient (Wildman–Crippen LogP) is 4.66. The van der Waals surface area contributed by atoms with Crippen LogP contribution < -0.4 is 10.1 Å². The van der Waals surface area contributed by atoms with Crippen LogP contribution in [0.15, 0.2) is 42.6 Å². The van der Waals surface area contributed by atoms with Crippen molar-refractivity contribution < 1.29 is 32.2 Å². The summed E-state index contributed by atoms with van der Waals surface area (Å²) in [5, 5.41) is 2.81. The van der Waals surface area contributed by atoms with Gasteiger partial charge in [0.2, 0.25) is 5.91 Å². The molecule has 0 bridgehead atoms. The van der Waals surface area contributed by atoms with Crippen LogP contribution in [-0.4, -0.2) is 46.4 Å². The van der Waals surface area contributed by atoms with Gasteiger partial charge in [0.25, 0.3) is 0 Å². The highest BCUT2D eigenvalue weighted by Gasteiger charge is 2.36. The van der Waals surface area contributed by atoms with Gasteiger partial charge in [0.05, 0.1) is 12.2 Å². The minimum atomic E-state index is -4.75. The lowest BCUT2D eigenvalue weighted by Gasteiger charge is -2.28. The molecule has 0 spiro atoms. The van der Waals surface area contributed by atoms with Gasteiger partial charge in [-0.3, -0.25) is 14.7 Å². The average molecular weight is 465 g/mol. The van der Waals surface area contributed by atoms with Crippen LogP contribution in [0.25, 0.3) is 11.1 Å². The zero-order chi connectivity index (χ0) is 24.2. The van der Waals surface area contributed by atoms with Crippen molar-refractivity contribution in [3.63, 3.8) is 0 Å². The molecule has 33 heavy (non-hydrogen) atoms. The van der Waals surface area contributed by atoms with Gasteiger partial charge in [-0.2, -0.15) is 0 Å². The lowest BCUT2D eigenvalue weighted by atomic mass is 10.1. The van der Waals surface area contributed by atoms with Gasteiger partial charge in [0, 0.05) is 12.7 Å². The Morgan fingerprint density at radius 2 is 1.82 bits per heavy atom. The third-order valence-electron chi connectivity index (χ3n) is 4.86. The molecule has 2 amide bonds. The van der Waals surface area contributed by atoms with Gasteiger partial charge in [-0.05, 0) is 69.0 Å². The third kappa shape index (κ3) is 7.10. The number of hydrogen-bond acceptors (Lipinski definition) is 5. The van der Waals surface area contributed by atoms with E-state index in [0.717, 1.165) is 5.56 Å². The van der Waals surface area contributed by atoms with Gasteiger partial charge in [0.1, 0.15) is 17.4 Å². The summed E-state index contributed by atoms with van der Waals surface area (Å²) in [7, 11) is 0. The van der Waals surface area contributed by atoms with Crippen LogP contribution in [0.2, 0.25) is 0 Å². The van der Waals surface area contributed by atoms with E-state index in [1.807, 2.05) is 0 Å². The molecule has 1 fully saturated rings. The minimum absolute atomic E-state index is 0.139. The molecule has 2 heterocycles. The average Bonchev–Trinajstić information content (AvgIpc) is 3.21. The number of ether oxygens (including phenoxy) is 2. The molecule has 1 aliphatic rings. The Labute approximate surface area is 189 Å². The summed E-state index contributed by atoms with van der Waals surface area (Å²) in [4.78, 5) is 30.8. The van der Waals surface area contributed by atoms with Crippen LogP contribution in [0, 0.1) is 0 Å². The van der Waals surface area contributed by atoms with E-state index in [-0.39, 0.29) is 18.2 Å². The SMILES string of the molecule is CC(C)(C)OC(=O)N1CCC[C@H]1C(=O)NCc1cc(-c2ccc(OC(F)(F)F)cc2)ccn1. The van der Waals surface area contributed by atoms with Gasteiger partial charge >= 0.3 is 12.5 Å². The van der Waals surface area contributed by atoms with Crippen LogP contribution in [0.1, 0.15) is 39.3 Å². The van der Waals surface area contributed by atoms with Crippen LogP contribution >= 0.6 is 0 Å². The van der Waals surface area contributed by atoms with E-state index >= 15 is 0 Å². The van der Waals surface area contributed by atoms with Gasteiger partial charge in [0.15, 0.2) is 0 Å². The summed E-state index contributed by atoms with van der Waals surface area (Å²) < 4.78 is 46.3. The molecule has 3 rings (SSSR count). The number of carbonyl (C=O) groups is 2. The Bertz CT molecular complexity index is 988. The molecule has 1 atom stereocenters. The first-order chi connectivity index (χ1) is 15.4. The van der Waals surface area contributed by atoms with E-state index in [1.165, 1.54) is 29.2 Å². The molecule has 2 aromatic rings. The number of rotatable bonds is 5. The zero-order valence-corrected chi connectivity index (χ0v) is 18.6. The van der Waals surface area contributed by atoms with Crippen molar-refractivity contribution in [2.75, 3.05) is 6.54 Å². The molecule has 0 radical (unpaired) electrons. The van der Waals surface area contributed by atoms with Crippen molar-refractivity contribution in [2.45, 2.75) is 58.2 Å². The molecule has 1 aromatic heterocycles. The van der Waals surface area contributed by atoms with Crippen LogP contribution in [0.5, 0.6) is 5.75 Å². The van der Waals surface area contributed by atoms with Crippen molar-refractivity contribution in [3.05, 3.63) is 48.3 Å². The fraction of sp³-hybridized carbons (Fsp3) is 0.435. The Hall–Kier alpha value is -3.30. The number of nitrogens with zero attached hydrogens (tertiary/aromatic N) is 2. The third-order valence-corrected chi connectivity index (χ3v) is 4.86. The quantitative estimate of drug-likeness (QED) is 0.695. The summed E-state index contributed by atoms with van der Waals surface area (Å²) in [5.74, 6) is -0.599. The van der Waals surface area contributed by atoms with E-state index in [2.05, 4.69) is 15.0 Å². The van der Waals surface area contributed by atoms with E-state index in [0.29, 0.717) is 30.6 Å². The topological polar surface area (TPSA) is 80.8 Å². The number of pyridine rings is 1.